The molecule has 142 valence electrons. The Morgan fingerprint density at radius 3 is 2.75 bits per heavy atom. The maximum atomic E-state index is 12.7. The second-order valence-corrected chi connectivity index (χ2v) is 6.81. The molecule has 0 bridgehead atoms. The number of para-hydroxylation sites is 1. The Morgan fingerprint density at radius 1 is 1.14 bits per heavy atom. The molecular formula is C21H20N4O3. The monoisotopic (exact) mass is 376 g/mol. The van der Waals surface area contributed by atoms with Crippen molar-refractivity contribution in [1.82, 2.24) is 9.55 Å². The summed E-state index contributed by atoms with van der Waals surface area (Å²) in [6.45, 7) is 2.27. The third kappa shape index (κ3) is 3.38. The van der Waals surface area contributed by atoms with Gasteiger partial charge >= 0.3 is 0 Å². The molecule has 1 saturated heterocycles. The highest BCUT2D eigenvalue weighted by atomic mass is 16.2. The van der Waals surface area contributed by atoms with Gasteiger partial charge in [-0.1, -0.05) is 18.2 Å². The Balaban J connectivity index is 1.55. The summed E-state index contributed by atoms with van der Waals surface area (Å²) in [7, 11) is 0. The molecule has 1 aliphatic rings. The van der Waals surface area contributed by atoms with Gasteiger partial charge in [0.2, 0.25) is 11.8 Å². The highest BCUT2D eigenvalue weighted by Gasteiger charge is 2.22. The van der Waals surface area contributed by atoms with Crippen molar-refractivity contribution in [3.63, 3.8) is 0 Å². The van der Waals surface area contributed by atoms with Crippen LogP contribution in [0.3, 0.4) is 0 Å². The van der Waals surface area contributed by atoms with Gasteiger partial charge in [0.15, 0.2) is 0 Å². The van der Waals surface area contributed by atoms with Gasteiger partial charge in [0.1, 0.15) is 12.4 Å². The van der Waals surface area contributed by atoms with Crippen molar-refractivity contribution in [2.45, 2.75) is 26.3 Å². The number of anilines is 2. The van der Waals surface area contributed by atoms with E-state index < -0.39 is 0 Å². The topological polar surface area (TPSA) is 84.3 Å². The van der Waals surface area contributed by atoms with E-state index in [9.17, 15) is 14.4 Å². The fourth-order valence-electron chi connectivity index (χ4n) is 3.48. The van der Waals surface area contributed by atoms with E-state index in [4.69, 9.17) is 0 Å². The largest absolute Gasteiger partial charge is 0.324 e. The number of rotatable bonds is 4. The lowest BCUT2D eigenvalue weighted by Gasteiger charge is -2.17. The summed E-state index contributed by atoms with van der Waals surface area (Å²) in [4.78, 5) is 43.3. The van der Waals surface area contributed by atoms with Crippen molar-refractivity contribution in [2.24, 2.45) is 0 Å². The van der Waals surface area contributed by atoms with E-state index in [0.29, 0.717) is 35.4 Å². The SMILES string of the molecule is Cc1nc2ccccc2c(=O)n1CC(=O)Nc1cccc(N2CCCC2=O)c1. The van der Waals surface area contributed by atoms with Crippen LogP contribution in [0, 0.1) is 6.92 Å². The maximum Gasteiger partial charge on any atom is 0.261 e. The van der Waals surface area contributed by atoms with Crippen LogP contribution < -0.4 is 15.8 Å². The number of amides is 2. The predicted molar refractivity (Wildman–Crippen MR) is 107 cm³/mol. The van der Waals surface area contributed by atoms with Crippen molar-refractivity contribution in [2.75, 3.05) is 16.8 Å². The summed E-state index contributed by atoms with van der Waals surface area (Å²) in [6.07, 6.45) is 1.39. The smallest absolute Gasteiger partial charge is 0.261 e. The minimum absolute atomic E-state index is 0.0906. The summed E-state index contributed by atoms with van der Waals surface area (Å²) in [5.74, 6) is 0.246. The molecule has 2 heterocycles. The van der Waals surface area contributed by atoms with Crippen LogP contribution in [0.4, 0.5) is 11.4 Å². The van der Waals surface area contributed by atoms with Gasteiger partial charge in [0.05, 0.1) is 10.9 Å². The van der Waals surface area contributed by atoms with Crippen LogP contribution in [0.1, 0.15) is 18.7 Å². The summed E-state index contributed by atoms with van der Waals surface area (Å²) < 4.78 is 1.37. The standard InChI is InChI=1S/C21H20N4O3/c1-14-22-18-9-3-2-8-17(18)21(28)25(14)13-19(26)23-15-6-4-7-16(12-15)24-11-5-10-20(24)27/h2-4,6-9,12H,5,10-11,13H2,1H3,(H,23,26). The number of nitrogens with zero attached hydrogens (tertiary/aromatic N) is 3. The molecular weight excluding hydrogens is 356 g/mol. The number of carbonyl (C=O) groups excluding carboxylic acids is 2. The second-order valence-electron chi connectivity index (χ2n) is 6.81. The number of carbonyl (C=O) groups is 2. The van der Waals surface area contributed by atoms with Gasteiger partial charge in [-0.05, 0) is 43.7 Å². The fourth-order valence-corrected chi connectivity index (χ4v) is 3.48. The van der Waals surface area contributed by atoms with Gasteiger partial charge in [-0.15, -0.1) is 0 Å². The molecule has 28 heavy (non-hydrogen) atoms. The first kappa shape index (κ1) is 17.9. The van der Waals surface area contributed by atoms with Gasteiger partial charge in [0.25, 0.3) is 5.56 Å². The number of hydrogen-bond acceptors (Lipinski definition) is 4. The van der Waals surface area contributed by atoms with Crippen LogP contribution in [-0.2, 0) is 16.1 Å². The Bertz CT molecular complexity index is 1140. The number of hydrogen-bond donors (Lipinski definition) is 1. The molecule has 1 aliphatic heterocycles. The third-order valence-corrected chi connectivity index (χ3v) is 4.87. The minimum Gasteiger partial charge on any atom is -0.324 e. The highest BCUT2D eigenvalue weighted by molar-refractivity contribution is 5.97. The molecule has 1 N–H and O–H groups in total. The normalized spacial score (nSPS) is 13.9. The first-order valence-corrected chi connectivity index (χ1v) is 9.19. The quantitative estimate of drug-likeness (QED) is 0.758. The van der Waals surface area contributed by atoms with E-state index in [2.05, 4.69) is 10.3 Å². The van der Waals surface area contributed by atoms with E-state index >= 15 is 0 Å². The average Bonchev–Trinajstić information content (AvgIpc) is 3.11. The van der Waals surface area contributed by atoms with Gasteiger partial charge in [0, 0.05) is 24.3 Å². The lowest BCUT2D eigenvalue weighted by atomic mass is 10.2. The minimum atomic E-state index is -0.327. The van der Waals surface area contributed by atoms with Crippen LogP contribution in [0.25, 0.3) is 10.9 Å². The van der Waals surface area contributed by atoms with Crippen LogP contribution in [0.15, 0.2) is 53.3 Å². The summed E-state index contributed by atoms with van der Waals surface area (Å²) in [6, 6.07) is 14.3. The van der Waals surface area contributed by atoms with Crippen molar-refractivity contribution in [3.05, 3.63) is 64.7 Å². The lowest BCUT2D eigenvalue weighted by Crippen LogP contribution is -2.30. The molecule has 7 heteroatoms. The summed E-state index contributed by atoms with van der Waals surface area (Å²) in [5, 5.41) is 3.29. The van der Waals surface area contributed by atoms with Gasteiger partial charge < -0.3 is 10.2 Å². The van der Waals surface area contributed by atoms with E-state index in [0.717, 1.165) is 12.1 Å². The second kappa shape index (κ2) is 7.26. The predicted octanol–water partition coefficient (Wildman–Crippen LogP) is 2.47. The fraction of sp³-hybridized carbons (Fsp3) is 0.238. The number of aromatic nitrogens is 2. The zero-order valence-electron chi connectivity index (χ0n) is 15.5. The Kier molecular flexibility index (Phi) is 4.65. The Morgan fingerprint density at radius 2 is 1.96 bits per heavy atom. The summed E-state index contributed by atoms with van der Waals surface area (Å²) >= 11 is 0. The molecule has 0 aliphatic carbocycles. The highest BCUT2D eigenvalue weighted by Crippen LogP contribution is 2.24. The first-order chi connectivity index (χ1) is 13.5. The molecule has 2 aromatic carbocycles. The molecule has 0 unspecified atom stereocenters. The van der Waals surface area contributed by atoms with E-state index in [1.165, 1.54) is 4.57 Å². The maximum absolute atomic E-state index is 12.7. The molecule has 0 radical (unpaired) electrons. The van der Waals surface area contributed by atoms with E-state index in [1.54, 1.807) is 48.2 Å². The van der Waals surface area contributed by atoms with E-state index in [-0.39, 0.29) is 23.9 Å². The van der Waals surface area contributed by atoms with Gasteiger partial charge in [-0.3, -0.25) is 19.0 Å². The van der Waals surface area contributed by atoms with E-state index in [1.807, 2.05) is 12.1 Å². The number of benzene rings is 2. The average molecular weight is 376 g/mol. The molecule has 7 nitrogen and oxygen atoms in total. The van der Waals surface area contributed by atoms with Crippen LogP contribution >= 0.6 is 0 Å². The zero-order chi connectivity index (χ0) is 19.7. The van der Waals surface area contributed by atoms with Crippen molar-refractivity contribution < 1.29 is 9.59 Å². The van der Waals surface area contributed by atoms with Crippen molar-refractivity contribution >= 4 is 34.1 Å². The van der Waals surface area contributed by atoms with Crippen molar-refractivity contribution in [3.8, 4) is 0 Å². The van der Waals surface area contributed by atoms with Gasteiger partial charge in [-0.2, -0.15) is 0 Å². The lowest BCUT2D eigenvalue weighted by molar-refractivity contribution is -0.117. The number of aryl methyl sites for hydroxylation is 1. The van der Waals surface area contributed by atoms with Crippen LogP contribution in [0.2, 0.25) is 0 Å². The van der Waals surface area contributed by atoms with Gasteiger partial charge in [-0.25, -0.2) is 4.98 Å². The Labute approximate surface area is 161 Å². The molecule has 1 aromatic heterocycles. The first-order valence-electron chi connectivity index (χ1n) is 9.19. The summed E-state index contributed by atoms with van der Waals surface area (Å²) in [5.41, 5.74) is 1.72. The molecule has 0 atom stereocenters. The molecule has 0 spiro atoms. The molecule has 0 saturated carbocycles. The number of nitrogens with one attached hydrogen (secondary N) is 1. The van der Waals surface area contributed by atoms with Crippen molar-refractivity contribution in [1.29, 1.82) is 0 Å². The molecule has 1 fully saturated rings. The zero-order valence-corrected chi connectivity index (χ0v) is 15.5. The van der Waals surface area contributed by atoms with Crippen LogP contribution in [0.5, 0.6) is 0 Å². The number of fused-ring (bicyclic) bond motifs is 1. The molecule has 4 rings (SSSR count). The molecule has 3 aromatic rings. The molecule has 2 amide bonds. The third-order valence-electron chi connectivity index (χ3n) is 4.87. The Hall–Kier alpha value is -3.48. The van der Waals surface area contributed by atoms with Crippen LogP contribution in [-0.4, -0.2) is 27.9 Å².